The van der Waals surface area contributed by atoms with E-state index in [1.54, 1.807) is 17.9 Å². The molecule has 0 saturated carbocycles. The molecule has 0 fully saturated rings. The standard InChI is InChI=1S/C12H14BrN5O3/c1-3-18-9(8(13)4-15-18)5-14-11(19)7-6-17(2)16-10(7)12(20)21/h4,6H,3,5H2,1-2H3,(H,14,19)(H,20,21). The van der Waals surface area contributed by atoms with E-state index >= 15 is 0 Å². The lowest BCUT2D eigenvalue weighted by molar-refractivity contribution is 0.0684. The van der Waals surface area contributed by atoms with Crippen molar-refractivity contribution in [2.75, 3.05) is 0 Å². The lowest BCUT2D eigenvalue weighted by Crippen LogP contribution is -2.25. The van der Waals surface area contributed by atoms with Gasteiger partial charge in [0.25, 0.3) is 5.91 Å². The van der Waals surface area contributed by atoms with Crippen molar-refractivity contribution >= 4 is 27.8 Å². The summed E-state index contributed by atoms with van der Waals surface area (Å²) in [4.78, 5) is 23.2. The van der Waals surface area contributed by atoms with Crippen molar-refractivity contribution in [3.63, 3.8) is 0 Å². The van der Waals surface area contributed by atoms with Gasteiger partial charge in [0.2, 0.25) is 0 Å². The van der Waals surface area contributed by atoms with Crippen LogP contribution in [0.25, 0.3) is 0 Å². The molecule has 0 aliphatic carbocycles. The van der Waals surface area contributed by atoms with E-state index in [0.29, 0.717) is 6.54 Å². The second-order valence-corrected chi connectivity index (χ2v) is 5.16. The van der Waals surface area contributed by atoms with Crippen LogP contribution in [0, 0.1) is 0 Å². The molecule has 2 aromatic heterocycles. The van der Waals surface area contributed by atoms with E-state index in [1.165, 1.54) is 10.9 Å². The minimum Gasteiger partial charge on any atom is -0.476 e. The molecule has 2 rings (SSSR count). The summed E-state index contributed by atoms with van der Waals surface area (Å²) in [5, 5.41) is 19.6. The summed E-state index contributed by atoms with van der Waals surface area (Å²) in [5.74, 6) is -1.73. The van der Waals surface area contributed by atoms with Gasteiger partial charge in [-0.1, -0.05) is 0 Å². The number of nitrogens with one attached hydrogen (secondary N) is 1. The zero-order valence-electron chi connectivity index (χ0n) is 11.5. The number of nitrogens with zero attached hydrogens (tertiary/aromatic N) is 4. The van der Waals surface area contributed by atoms with Gasteiger partial charge >= 0.3 is 5.97 Å². The van der Waals surface area contributed by atoms with E-state index in [0.717, 1.165) is 10.2 Å². The molecular weight excluding hydrogens is 342 g/mol. The second kappa shape index (κ2) is 6.08. The molecule has 21 heavy (non-hydrogen) atoms. The van der Waals surface area contributed by atoms with Gasteiger partial charge in [-0.3, -0.25) is 14.2 Å². The van der Waals surface area contributed by atoms with E-state index in [1.807, 2.05) is 6.92 Å². The van der Waals surface area contributed by atoms with Gasteiger partial charge in [0.15, 0.2) is 5.69 Å². The Labute approximate surface area is 128 Å². The minimum absolute atomic E-state index is 0.0312. The summed E-state index contributed by atoms with van der Waals surface area (Å²) in [6.45, 7) is 2.85. The zero-order chi connectivity index (χ0) is 15.6. The molecule has 0 bridgehead atoms. The summed E-state index contributed by atoms with van der Waals surface area (Å²) in [5.41, 5.74) is 0.577. The molecule has 0 aliphatic heterocycles. The zero-order valence-corrected chi connectivity index (χ0v) is 13.1. The third kappa shape index (κ3) is 3.13. The van der Waals surface area contributed by atoms with E-state index in [2.05, 4.69) is 31.4 Å². The van der Waals surface area contributed by atoms with Crippen LogP contribution in [-0.2, 0) is 20.1 Å². The lowest BCUT2D eigenvalue weighted by atomic mass is 10.2. The predicted octanol–water partition coefficient (Wildman–Crippen LogP) is 1.03. The quantitative estimate of drug-likeness (QED) is 0.833. The molecule has 112 valence electrons. The van der Waals surface area contributed by atoms with Gasteiger partial charge in [-0.15, -0.1) is 0 Å². The van der Waals surface area contributed by atoms with Gasteiger partial charge in [-0.25, -0.2) is 4.79 Å². The summed E-state index contributed by atoms with van der Waals surface area (Å²) in [6, 6.07) is 0. The number of halogens is 1. The minimum atomic E-state index is -1.24. The monoisotopic (exact) mass is 355 g/mol. The molecule has 0 atom stereocenters. The maximum absolute atomic E-state index is 12.1. The molecule has 9 heteroatoms. The first-order valence-corrected chi connectivity index (χ1v) is 6.98. The molecule has 0 aromatic carbocycles. The van der Waals surface area contributed by atoms with E-state index in [-0.39, 0.29) is 17.8 Å². The molecule has 2 aromatic rings. The number of carboxylic acids is 1. The summed E-state index contributed by atoms with van der Waals surface area (Å²) >= 11 is 3.36. The van der Waals surface area contributed by atoms with Crippen molar-refractivity contribution in [3.05, 3.63) is 33.8 Å². The summed E-state index contributed by atoms with van der Waals surface area (Å²) in [7, 11) is 1.56. The number of hydrogen-bond donors (Lipinski definition) is 2. The third-order valence-electron chi connectivity index (χ3n) is 2.89. The molecule has 1 amide bonds. The van der Waals surface area contributed by atoms with Crippen LogP contribution >= 0.6 is 15.9 Å². The van der Waals surface area contributed by atoms with Crippen LogP contribution in [-0.4, -0.2) is 36.5 Å². The maximum atomic E-state index is 12.1. The van der Waals surface area contributed by atoms with E-state index < -0.39 is 11.9 Å². The number of carbonyl (C=O) groups is 2. The van der Waals surface area contributed by atoms with Crippen LogP contribution in [0.2, 0.25) is 0 Å². The van der Waals surface area contributed by atoms with E-state index in [9.17, 15) is 9.59 Å². The van der Waals surface area contributed by atoms with Crippen molar-refractivity contribution in [1.82, 2.24) is 24.9 Å². The van der Waals surface area contributed by atoms with Crippen LogP contribution < -0.4 is 5.32 Å². The number of amides is 1. The van der Waals surface area contributed by atoms with Crippen molar-refractivity contribution in [2.45, 2.75) is 20.0 Å². The van der Waals surface area contributed by atoms with E-state index in [4.69, 9.17) is 5.11 Å². The molecule has 0 unspecified atom stereocenters. The van der Waals surface area contributed by atoms with Crippen molar-refractivity contribution in [3.8, 4) is 0 Å². The Morgan fingerprint density at radius 1 is 1.48 bits per heavy atom. The Morgan fingerprint density at radius 2 is 2.19 bits per heavy atom. The number of carboxylic acid groups (broad SMARTS) is 1. The Kier molecular flexibility index (Phi) is 4.41. The summed E-state index contributed by atoms with van der Waals surface area (Å²) < 4.78 is 3.82. The van der Waals surface area contributed by atoms with Gasteiger partial charge < -0.3 is 10.4 Å². The second-order valence-electron chi connectivity index (χ2n) is 4.31. The average molecular weight is 356 g/mol. The lowest BCUT2D eigenvalue weighted by Gasteiger charge is -2.07. The first kappa shape index (κ1) is 15.2. The fourth-order valence-electron chi connectivity index (χ4n) is 1.91. The van der Waals surface area contributed by atoms with Gasteiger partial charge in [-0.05, 0) is 22.9 Å². The molecule has 2 heterocycles. The van der Waals surface area contributed by atoms with Gasteiger partial charge in [-0.2, -0.15) is 10.2 Å². The van der Waals surface area contributed by atoms with Crippen molar-refractivity contribution in [1.29, 1.82) is 0 Å². The largest absolute Gasteiger partial charge is 0.476 e. The van der Waals surface area contributed by atoms with Crippen LogP contribution in [0.1, 0.15) is 33.5 Å². The highest BCUT2D eigenvalue weighted by atomic mass is 79.9. The highest BCUT2D eigenvalue weighted by Gasteiger charge is 2.21. The first-order chi connectivity index (χ1) is 9.93. The molecule has 2 N–H and O–H groups in total. The molecule has 0 spiro atoms. The Balaban J connectivity index is 2.15. The maximum Gasteiger partial charge on any atom is 0.357 e. The summed E-state index contributed by atoms with van der Waals surface area (Å²) in [6.07, 6.45) is 3.03. The number of hydrogen-bond acceptors (Lipinski definition) is 4. The van der Waals surface area contributed by atoms with Gasteiger partial charge in [0.1, 0.15) is 0 Å². The molecule has 8 nitrogen and oxygen atoms in total. The molecule has 0 aliphatic rings. The van der Waals surface area contributed by atoms with Crippen LogP contribution in [0.5, 0.6) is 0 Å². The Morgan fingerprint density at radius 3 is 2.81 bits per heavy atom. The number of aromatic nitrogens is 4. The molecular formula is C12H14BrN5O3. The molecule has 0 radical (unpaired) electrons. The van der Waals surface area contributed by atoms with Crippen molar-refractivity contribution in [2.24, 2.45) is 7.05 Å². The Hall–Kier alpha value is -2.16. The predicted molar refractivity (Wildman–Crippen MR) is 76.9 cm³/mol. The van der Waals surface area contributed by atoms with Crippen LogP contribution in [0.3, 0.4) is 0 Å². The highest BCUT2D eigenvalue weighted by Crippen LogP contribution is 2.16. The highest BCUT2D eigenvalue weighted by molar-refractivity contribution is 9.10. The topological polar surface area (TPSA) is 102 Å². The molecule has 0 saturated heterocycles. The smallest absolute Gasteiger partial charge is 0.357 e. The van der Waals surface area contributed by atoms with Gasteiger partial charge in [0.05, 0.1) is 28.5 Å². The number of aromatic carboxylic acids is 1. The average Bonchev–Trinajstić information content (AvgIpc) is 2.99. The number of aryl methyl sites for hydroxylation is 2. The SMILES string of the molecule is CCn1ncc(Br)c1CNC(=O)c1cn(C)nc1C(=O)O. The Bertz CT molecular complexity index is 691. The third-order valence-corrected chi connectivity index (χ3v) is 3.55. The first-order valence-electron chi connectivity index (χ1n) is 6.19. The number of carbonyl (C=O) groups excluding carboxylic acids is 1. The normalized spacial score (nSPS) is 10.6. The van der Waals surface area contributed by atoms with Gasteiger partial charge in [0, 0.05) is 19.8 Å². The van der Waals surface area contributed by atoms with Crippen LogP contribution in [0.4, 0.5) is 0 Å². The van der Waals surface area contributed by atoms with Crippen molar-refractivity contribution < 1.29 is 14.7 Å². The number of rotatable bonds is 5. The fourth-order valence-corrected chi connectivity index (χ4v) is 2.34. The fraction of sp³-hybridized carbons (Fsp3) is 0.333. The van der Waals surface area contributed by atoms with Crippen LogP contribution in [0.15, 0.2) is 16.9 Å².